The summed E-state index contributed by atoms with van der Waals surface area (Å²) in [6.07, 6.45) is 0. The molecule has 3 N–H and O–H groups in total. The molecule has 0 fully saturated rings. The number of anilines is 1. The Morgan fingerprint density at radius 1 is 1.50 bits per heavy atom. The van der Waals surface area contributed by atoms with E-state index >= 15 is 0 Å². The number of rotatable bonds is 1. The molecule has 4 heteroatoms. The summed E-state index contributed by atoms with van der Waals surface area (Å²) in [7, 11) is 0. The van der Waals surface area contributed by atoms with E-state index < -0.39 is 5.97 Å². The normalized spacial score (nSPS) is 10.6. The van der Waals surface area contributed by atoms with Crippen molar-refractivity contribution >= 4 is 22.6 Å². The lowest BCUT2D eigenvalue weighted by atomic mass is 10.1. The molecular formula is C10H9NO3. The van der Waals surface area contributed by atoms with E-state index in [1.54, 1.807) is 12.1 Å². The average molecular weight is 191 g/mol. The highest BCUT2D eigenvalue weighted by Gasteiger charge is 2.18. The molecule has 14 heavy (non-hydrogen) atoms. The maximum absolute atomic E-state index is 10.7. The molecule has 72 valence electrons. The van der Waals surface area contributed by atoms with Crippen LogP contribution in [0, 0.1) is 6.92 Å². The molecule has 0 unspecified atom stereocenters. The molecule has 0 saturated heterocycles. The van der Waals surface area contributed by atoms with Crippen molar-refractivity contribution in [3.63, 3.8) is 0 Å². The minimum absolute atomic E-state index is 0.186. The van der Waals surface area contributed by atoms with E-state index in [-0.39, 0.29) is 11.4 Å². The Labute approximate surface area is 79.9 Å². The minimum atomic E-state index is -1.14. The molecule has 1 aromatic heterocycles. The zero-order valence-corrected chi connectivity index (χ0v) is 7.57. The number of hydrogen-bond acceptors (Lipinski definition) is 3. The van der Waals surface area contributed by atoms with Crippen LogP contribution in [0.1, 0.15) is 16.1 Å². The van der Waals surface area contributed by atoms with E-state index in [0.717, 1.165) is 5.56 Å². The molecular weight excluding hydrogens is 182 g/mol. The summed E-state index contributed by atoms with van der Waals surface area (Å²) in [6.45, 7) is 1.86. The number of fused-ring (bicyclic) bond motifs is 1. The van der Waals surface area contributed by atoms with Crippen molar-refractivity contribution in [2.45, 2.75) is 6.92 Å². The number of furan rings is 1. The van der Waals surface area contributed by atoms with Crippen LogP contribution in [0.2, 0.25) is 0 Å². The van der Waals surface area contributed by atoms with E-state index in [9.17, 15) is 4.79 Å². The Bertz CT molecular complexity index is 513. The Hall–Kier alpha value is -1.97. The summed E-state index contributed by atoms with van der Waals surface area (Å²) >= 11 is 0. The lowest BCUT2D eigenvalue weighted by molar-refractivity contribution is 0.0666. The van der Waals surface area contributed by atoms with Gasteiger partial charge in [0.2, 0.25) is 5.76 Å². The molecule has 0 saturated carbocycles. The first-order valence-electron chi connectivity index (χ1n) is 4.12. The van der Waals surface area contributed by atoms with Crippen LogP contribution in [0.15, 0.2) is 22.6 Å². The van der Waals surface area contributed by atoms with Gasteiger partial charge in [0.25, 0.3) is 0 Å². The second-order valence-electron chi connectivity index (χ2n) is 3.10. The van der Waals surface area contributed by atoms with Gasteiger partial charge in [-0.05, 0) is 18.6 Å². The molecule has 0 aliphatic rings. The number of carboxylic acid groups (broad SMARTS) is 1. The number of benzene rings is 1. The zero-order valence-electron chi connectivity index (χ0n) is 7.57. The molecule has 1 heterocycles. The van der Waals surface area contributed by atoms with Crippen molar-refractivity contribution in [3.05, 3.63) is 29.5 Å². The molecule has 0 aliphatic carbocycles. The minimum Gasteiger partial charge on any atom is -0.475 e. The Balaban J connectivity index is 2.87. The van der Waals surface area contributed by atoms with Crippen LogP contribution in [-0.4, -0.2) is 11.1 Å². The molecule has 2 rings (SSSR count). The van der Waals surface area contributed by atoms with Gasteiger partial charge >= 0.3 is 5.97 Å². The monoisotopic (exact) mass is 191 g/mol. The van der Waals surface area contributed by atoms with Gasteiger partial charge in [-0.3, -0.25) is 0 Å². The van der Waals surface area contributed by atoms with Crippen LogP contribution in [0.3, 0.4) is 0 Å². The summed E-state index contributed by atoms with van der Waals surface area (Å²) in [4.78, 5) is 10.7. The Kier molecular flexibility index (Phi) is 1.70. The first-order valence-corrected chi connectivity index (χ1v) is 4.12. The number of hydrogen-bond donors (Lipinski definition) is 2. The third kappa shape index (κ3) is 1.04. The highest BCUT2D eigenvalue weighted by molar-refractivity contribution is 6.03. The van der Waals surface area contributed by atoms with Crippen LogP contribution in [0.5, 0.6) is 0 Å². The standard InChI is InChI=1S/C10H9NO3/c1-5-3-2-4-6-7(5)8(11)9(14-6)10(12)13/h2-4H,11H2,1H3,(H,12,13). The highest BCUT2D eigenvalue weighted by atomic mass is 16.4. The number of carboxylic acids is 1. The van der Waals surface area contributed by atoms with Gasteiger partial charge in [0, 0.05) is 5.39 Å². The van der Waals surface area contributed by atoms with Crippen molar-refractivity contribution in [3.8, 4) is 0 Å². The summed E-state index contributed by atoms with van der Waals surface area (Å²) in [5.74, 6) is -1.33. The fourth-order valence-corrected chi connectivity index (χ4v) is 1.51. The molecule has 0 atom stereocenters. The highest BCUT2D eigenvalue weighted by Crippen LogP contribution is 2.30. The van der Waals surface area contributed by atoms with Crippen LogP contribution < -0.4 is 5.73 Å². The topological polar surface area (TPSA) is 76.5 Å². The fourth-order valence-electron chi connectivity index (χ4n) is 1.51. The van der Waals surface area contributed by atoms with Crippen molar-refractivity contribution < 1.29 is 14.3 Å². The van der Waals surface area contributed by atoms with Gasteiger partial charge in [-0.15, -0.1) is 0 Å². The van der Waals surface area contributed by atoms with Crippen LogP contribution in [-0.2, 0) is 0 Å². The summed E-state index contributed by atoms with van der Waals surface area (Å²) in [6, 6.07) is 5.36. The summed E-state index contributed by atoms with van der Waals surface area (Å²) < 4.78 is 5.12. The Morgan fingerprint density at radius 2 is 2.21 bits per heavy atom. The second-order valence-corrected chi connectivity index (χ2v) is 3.10. The van der Waals surface area contributed by atoms with Gasteiger partial charge in [0.15, 0.2) is 0 Å². The third-order valence-electron chi connectivity index (χ3n) is 2.15. The number of nitrogen functional groups attached to an aromatic ring is 1. The van der Waals surface area contributed by atoms with Gasteiger partial charge in [-0.1, -0.05) is 12.1 Å². The van der Waals surface area contributed by atoms with Gasteiger partial charge in [0.1, 0.15) is 5.58 Å². The molecule has 0 bridgehead atoms. The number of nitrogens with two attached hydrogens (primary N) is 1. The molecule has 0 amide bonds. The van der Waals surface area contributed by atoms with Gasteiger partial charge in [-0.25, -0.2) is 4.79 Å². The van der Waals surface area contributed by atoms with E-state index in [0.29, 0.717) is 11.0 Å². The average Bonchev–Trinajstić information content (AvgIpc) is 2.45. The SMILES string of the molecule is Cc1cccc2oc(C(=O)O)c(N)c12. The van der Waals surface area contributed by atoms with E-state index in [2.05, 4.69) is 0 Å². The Morgan fingerprint density at radius 3 is 2.79 bits per heavy atom. The zero-order chi connectivity index (χ0) is 10.3. The van der Waals surface area contributed by atoms with E-state index in [1.165, 1.54) is 0 Å². The number of carbonyl (C=O) groups is 1. The van der Waals surface area contributed by atoms with Gasteiger partial charge in [0.05, 0.1) is 5.69 Å². The third-order valence-corrected chi connectivity index (χ3v) is 2.15. The quantitative estimate of drug-likeness (QED) is 0.722. The molecule has 1 aromatic carbocycles. The predicted molar refractivity (Wildman–Crippen MR) is 52.3 cm³/mol. The first kappa shape index (κ1) is 8.62. The van der Waals surface area contributed by atoms with Crippen molar-refractivity contribution in [1.29, 1.82) is 0 Å². The molecule has 0 spiro atoms. The molecule has 4 nitrogen and oxygen atoms in total. The fraction of sp³-hybridized carbons (Fsp3) is 0.100. The predicted octanol–water partition coefficient (Wildman–Crippen LogP) is 2.02. The van der Waals surface area contributed by atoms with Crippen LogP contribution in [0.25, 0.3) is 11.0 Å². The number of aromatic carboxylic acids is 1. The van der Waals surface area contributed by atoms with Crippen LogP contribution in [0.4, 0.5) is 5.69 Å². The molecule has 0 radical (unpaired) electrons. The lowest BCUT2D eigenvalue weighted by Gasteiger charge is -1.94. The van der Waals surface area contributed by atoms with Crippen LogP contribution >= 0.6 is 0 Å². The van der Waals surface area contributed by atoms with E-state index in [4.69, 9.17) is 15.3 Å². The summed E-state index contributed by atoms with van der Waals surface area (Å²) in [5, 5.41) is 9.47. The summed E-state index contributed by atoms with van der Waals surface area (Å²) in [5.41, 5.74) is 7.29. The molecule has 0 aliphatic heterocycles. The van der Waals surface area contributed by atoms with E-state index in [1.807, 2.05) is 13.0 Å². The maximum atomic E-state index is 10.7. The van der Waals surface area contributed by atoms with Crippen molar-refractivity contribution in [1.82, 2.24) is 0 Å². The van der Waals surface area contributed by atoms with Crippen molar-refractivity contribution in [2.24, 2.45) is 0 Å². The smallest absolute Gasteiger partial charge is 0.374 e. The largest absolute Gasteiger partial charge is 0.475 e. The van der Waals surface area contributed by atoms with Crippen molar-refractivity contribution in [2.75, 3.05) is 5.73 Å². The lowest BCUT2D eigenvalue weighted by Crippen LogP contribution is -1.98. The maximum Gasteiger partial charge on any atom is 0.374 e. The first-order chi connectivity index (χ1) is 6.61. The molecule has 2 aromatic rings. The van der Waals surface area contributed by atoms with Gasteiger partial charge in [-0.2, -0.15) is 0 Å². The number of aryl methyl sites for hydroxylation is 1. The van der Waals surface area contributed by atoms with Gasteiger partial charge < -0.3 is 15.3 Å². The second kappa shape index (κ2) is 2.77.